The number of carbonyl (C=O) groups is 3. The van der Waals surface area contributed by atoms with Gasteiger partial charge in [-0.2, -0.15) is 0 Å². The minimum Gasteiger partial charge on any atom is -0.493 e. The van der Waals surface area contributed by atoms with E-state index in [1.54, 1.807) is 4.90 Å². The van der Waals surface area contributed by atoms with Gasteiger partial charge < -0.3 is 31.2 Å². The molecule has 232 valence electrons. The monoisotopic (exact) mass is 583 g/mol. The number of amides is 3. The fourth-order valence-corrected chi connectivity index (χ4v) is 7.11. The zero-order valence-electron chi connectivity index (χ0n) is 25.0. The predicted molar refractivity (Wildman–Crippen MR) is 160 cm³/mol. The third-order valence-electron chi connectivity index (χ3n) is 9.63. The molecule has 10 heteroatoms. The van der Waals surface area contributed by atoms with Crippen LogP contribution in [0.4, 0.5) is 0 Å². The molecule has 5 aliphatic rings. The van der Waals surface area contributed by atoms with E-state index in [1.165, 1.54) is 12.0 Å². The van der Waals surface area contributed by atoms with Crippen LogP contribution in [0, 0.1) is 11.8 Å². The van der Waals surface area contributed by atoms with Crippen LogP contribution < -0.4 is 21.5 Å². The minimum absolute atomic E-state index is 0.0675. The highest BCUT2D eigenvalue weighted by atomic mass is 16.5. The lowest BCUT2D eigenvalue weighted by Crippen LogP contribution is -2.66. The lowest BCUT2D eigenvalue weighted by Gasteiger charge is -2.44. The number of hydrogen-bond donors (Lipinski definition) is 3. The average molecular weight is 584 g/mol. The van der Waals surface area contributed by atoms with Gasteiger partial charge in [0.1, 0.15) is 17.8 Å². The van der Waals surface area contributed by atoms with Crippen molar-refractivity contribution in [1.82, 2.24) is 15.1 Å². The smallest absolute Gasteiger partial charge is 0.246 e. The molecule has 0 bridgehead atoms. The Balaban J connectivity index is 0.000000295. The topological polar surface area (TPSA) is 140 Å². The first kappa shape index (κ1) is 30.8. The summed E-state index contributed by atoms with van der Waals surface area (Å²) >= 11 is 0. The second kappa shape index (κ2) is 14.2. The van der Waals surface area contributed by atoms with Gasteiger partial charge in [-0.1, -0.05) is 37.5 Å². The second-order valence-electron chi connectivity index (χ2n) is 12.6. The molecule has 0 radical (unpaired) electrons. The third kappa shape index (κ3) is 7.44. The molecule has 3 aliphatic heterocycles. The summed E-state index contributed by atoms with van der Waals surface area (Å²) in [5.74, 6) is 0.430. The first-order valence-corrected chi connectivity index (χ1v) is 16.1. The summed E-state index contributed by atoms with van der Waals surface area (Å²) in [6, 6.07) is 6.48. The molecule has 3 heterocycles. The van der Waals surface area contributed by atoms with E-state index in [-0.39, 0.29) is 35.8 Å². The fraction of sp³-hybridized carbons (Fsp3) is 0.719. The average Bonchev–Trinajstić information content (AvgIpc) is 3.79. The molecule has 1 aromatic rings. The van der Waals surface area contributed by atoms with Gasteiger partial charge in [0.15, 0.2) is 0 Å². The normalized spacial score (nSPS) is 27.4. The molecule has 1 aromatic carbocycles. The third-order valence-corrected chi connectivity index (χ3v) is 9.63. The van der Waals surface area contributed by atoms with Crippen LogP contribution in [0.1, 0.15) is 70.3 Å². The molecule has 6 rings (SSSR count). The largest absolute Gasteiger partial charge is 0.493 e. The number of nitrogens with zero attached hydrogens (tertiary/aromatic N) is 2. The number of rotatable bonds is 8. The van der Waals surface area contributed by atoms with Gasteiger partial charge >= 0.3 is 0 Å². The first-order valence-electron chi connectivity index (χ1n) is 16.1. The lowest BCUT2D eigenvalue weighted by atomic mass is 9.82. The van der Waals surface area contributed by atoms with Crippen LogP contribution in [0.25, 0.3) is 0 Å². The van der Waals surface area contributed by atoms with Crippen LogP contribution in [0.5, 0.6) is 5.75 Å². The van der Waals surface area contributed by atoms with Crippen molar-refractivity contribution in [3.05, 3.63) is 29.8 Å². The molecule has 2 aliphatic carbocycles. The highest BCUT2D eigenvalue weighted by Gasteiger charge is 2.47. The molecule has 0 spiro atoms. The summed E-state index contributed by atoms with van der Waals surface area (Å²) in [6.45, 7) is 5.11. The van der Waals surface area contributed by atoms with Crippen molar-refractivity contribution in [3.8, 4) is 5.75 Å². The molecule has 0 aromatic heterocycles. The summed E-state index contributed by atoms with van der Waals surface area (Å²) in [7, 11) is 0. The molecule has 2 saturated carbocycles. The van der Waals surface area contributed by atoms with Gasteiger partial charge in [-0.05, 0) is 75.3 Å². The maximum absolute atomic E-state index is 13.9. The van der Waals surface area contributed by atoms with E-state index < -0.39 is 24.0 Å². The number of piperazine rings is 1. The number of para-hydroxylation sites is 1. The highest BCUT2D eigenvalue weighted by molar-refractivity contribution is 5.93. The van der Waals surface area contributed by atoms with Crippen molar-refractivity contribution in [2.24, 2.45) is 23.3 Å². The molecule has 10 nitrogen and oxygen atoms in total. The van der Waals surface area contributed by atoms with E-state index in [1.807, 2.05) is 19.1 Å². The molecule has 42 heavy (non-hydrogen) atoms. The van der Waals surface area contributed by atoms with Crippen LogP contribution in [0.15, 0.2) is 24.3 Å². The zero-order valence-corrected chi connectivity index (χ0v) is 25.0. The number of carbonyl (C=O) groups excluding carboxylic acids is 3. The molecule has 5 N–H and O–H groups in total. The Morgan fingerprint density at radius 1 is 1.02 bits per heavy atom. The standard InChI is InChI=1S/C23H39N5O4.C9H10O/c1-2-32-17-10-16-11-28(18(21(25)29)13-27(16)12-17)23(31)20(15-6-4-3-5-7-15)26-22(30)19(24)14-8-9-14;1-2-6-9-8(4-1)5-3-7-10-9/h14-20H,2-13,24H2,1H3,(H2,25,29)(H,26,30);1-2,4,6H,3,5,7H2/t16?,17?,18?,19-,20?;/m0./s1. The van der Waals surface area contributed by atoms with Crippen molar-refractivity contribution in [3.63, 3.8) is 0 Å². The van der Waals surface area contributed by atoms with Gasteiger partial charge in [-0.15, -0.1) is 0 Å². The van der Waals surface area contributed by atoms with Crippen molar-refractivity contribution >= 4 is 17.7 Å². The molecule has 3 amide bonds. The molecule has 5 atom stereocenters. The SMILES string of the molecule is CCOC1CC2CN(C(=O)C(NC(=O)[C@@H](N)C3CC3)C3CCCCC3)C(C(N)=O)CN2C1.c1ccc2c(c1)CCCO2. The quantitative estimate of drug-likeness (QED) is 0.425. The summed E-state index contributed by atoms with van der Waals surface area (Å²) in [5, 5.41) is 3.01. The van der Waals surface area contributed by atoms with E-state index in [2.05, 4.69) is 22.3 Å². The van der Waals surface area contributed by atoms with Gasteiger partial charge in [0, 0.05) is 32.3 Å². The van der Waals surface area contributed by atoms with Crippen molar-refractivity contribution in [1.29, 1.82) is 0 Å². The van der Waals surface area contributed by atoms with Gasteiger partial charge in [-0.25, -0.2) is 0 Å². The number of benzene rings is 1. The number of aryl methyl sites for hydroxylation is 1. The highest BCUT2D eigenvalue weighted by Crippen LogP contribution is 2.33. The number of nitrogens with one attached hydrogen (secondary N) is 1. The van der Waals surface area contributed by atoms with Crippen LogP contribution in [-0.4, -0.2) is 90.6 Å². The second-order valence-corrected chi connectivity index (χ2v) is 12.6. The van der Waals surface area contributed by atoms with Gasteiger partial charge in [0.05, 0.1) is 18.8 Å². The predicted octanol–water partition coefficient (Wildman–Crippen LogP) is 1.98. The van der Waals surface area contributed by atoms with Gasteiger partial charge in [0.2, 0.25) is 17.7 Å². The Bertz CT molecular complexity index is 1070. The van der Waals surface area contributed by atoms with Crippen LogP contribution in [-0.2, 0) is 25.5 Å². The van der Waals surface area contributed by atoms with E-state index >= 15 is 0 Å². The summed E-state index contributed by atoms with van der Waals surface area (Å²) < 4.78 is 11.2. The maximum atomic E-state index is 13.9. The molecular weight excluding hydrogens is 534 g/mol. The first-order chi connectivity index (χ1) is 20.4. The molecule has 4 fully saturated rings. The van der Waals surface area contributed by atoms with E-state index in [4.69, 9.17) is 20.9 Å². The summed E-state index contributed by atoms with van der Waals surface area (Å²) in [5.41, 5.74) is 13.2. The van der Waals surface area contributed by atoms with E-state index in [0.717, 1.165) is 76.7 Å². The van der Waals surface area contributed by atoms with Crippen LogP contribution in [0.2, 0.25) is 0 Å². The molecule has 4 unspecified atom stereocenters. The zero-order chi connectivity index (χ0) is 29.6. The fourth-order valence-electron chi connectivity index (χ4n) is 7.11. The number of fused-ring (bicyclic) bond motifs is 2. The molecular formula is C32H49N5O5. The van der Waals surface area contributed by atoms with Crippen molar-refractivity contribution in [2.45, 2.75) is 101 Å². The van der Waals surface area contributed by atoms with Crippen LogP contribution >= 0.6 is 0 Å². The summed E-state index contributed by atoms with van der Waals surface area (Å²) in [6.07, 6.45) is 10.2. The Labute approximate surface area is 249 Å². The lowest BCUT2D eigenvalue weighted by molar-refractivity contribution is -0.148. The number of hydrogen-bond acceptors (Lipinski definition) is 7. The Morgan fingerprint density at radius 2 is 1.79 bits per heavy atom. The van der Waals surface area contributed by atoms with Crippen molar-refractivity contribution < 1.29 is 23.9 Å². The Kier molecular flexibility index (Phi) is 10.4. The summed E-state index contributed by atoms with van der Waals surface area (Å²) in [4.78, 5) is 42.9. The van der Waals surface area contributed by atoms with Gasteiger partial charge in [-0.3, -0.25) is 19.3 Å². The van der Waals surface area contributed by atoms with E-state index in [9.17, 15) is 14.4 Å². The minimum atomic E-state index is -0.695. The Morgan fingerprint density at radius 3 is 2.48 bits per heavy atom. The number of nitrogens with two attached hydrogens (primary N) is 2. The van der Waals surface area contributed by atoms with E-state index in [0.29, 0.717) is 19.7 Å². The van der Waals surface area contributed by atoms with Crippen LogP contribution in [0.3, 0.4) is 0 Å². The van der Waals surface area contributed by atoms with Crippen molar-refractivity contribution in [2.75, 3.05) is 32.8 Å². The maximum Gasteiger partial charge on any atom is 0.246 e. The van der Waals surface area contributed by atoms with Gasteiger partial charge in [0.25, 0.3) is 0 Å². The Hall–Kier alpha value is -2.69. The number of primary amides is 1. The number of ether oxygens (including phenoxy) is 2. The molecule has 2 saturated heterocycles.